The zero-order valence-electron chi connectivity index (χ0n) is 25.4. The summed E-state index contributed by atoms with van der Waals surface area (Å²) < 4.78 is 1.04. The van der Waals surface area contributed by atoms with Crippen molar-refractivity contribution < 1.29 is 0 Å². The molecule has 0 spiro atoms. The second kappa shape index (κ2) is 12.6. The first-order chi connectivity index (χ1) is 23.2. The number of aromatic nitrogens is 3. The first kappa shape index (κ1) is 28.8. The predicted octanol–water partition coefficient (Wildman–Crippen LogP) is 9.82. The zero-order chi connectivity index (χ0) is 31.6. The quantitative estimate of drug-likeness (QED) is 0.166. The van der Waals surface area contributed by atoms with Gasteiger partial charge in [-0.2, -0.15) is 0 Å². The molecule has 0 saturated heterocycles. The molecule has 0 aliphatic heterocycles. The van der Waals surface area contributed by atoms with Crippen molar-refractivity contribution >= 4 is 31.2 Å². The topological polar surface area (TPSA) is 38.7 Å². The number of fused-ring (bicyclic) bond motifs is 1. The molecule has 47 heavy (non-hydrogen) atoms. The van der Waals surface area contributed by atoms with Gasteiger partial charge >= 0.3 is 265 Å². The van der Waals surface area contributed by atoms with Crippen LogP contribution >= 0.6 is 0 Å². The Kier molecular flexibility index (Phi) is 7.72. The van der Waals surface area contributed by atoms with Gasteiger partial charge in [0.05, 0.1) is 0 Å². The monoisotopic (exact) mass is 666 g/mol. The third-order valence-corrected chi connectivity index (χ3v) is 9.13. The second-order valence-electron chi connectivity index (χ2n) is 11.4. The summed E-state index contributed by atoms with van der Waals surface area (Å²) in [5.41, 5.74) is 9.63. The second-order valence-corrected chi connectivity index (χ2v) is 12.4. The van der Waals surface area contributed by atoms with Crippen molar-refractivity contribution in [2.45, 2.75) is 0 Å². The van der Waals surface area contributed by atoms with Gasteiger partial charge < -0.3 is 0 Å². The van der Waals surface area contributed by atoms with Crippen LogP contribution in [0.2, 0.25) is 0 Å². The average Bonchev–Trinajstić information content (AvgIpc) is 3.15. The van der Waals surface area contributed by atoms with Gasteiger partial charge in [-0.15, -0.1) is 0 Å². The van der Waals surface area contributed by atoms with Crippen LogP contribution in [0.5, 0.6) is 0 Å². The van der Waals surface area contributed by atoms with Crippen LogP contribution in [0.3, 0.4) is 0 Å². The summed E-state index contributed by atoms with van der Waals surface area (Å²) in [4.78, 5) is 15.2. The van der Waals surface area contributed by atoms with E-state index in [1.54, 1.807) is 0 Å². The zero-order valence-corrected chi connectivity index (χ0v) is 27.1. The van der Waals surface area contributed by atoms with Crippen LogP contribution in [-0.2, 0) is 0 Å². The minimum absolute atomic E-state index is 0.629. The summed E-state index contributed by atoms with van der Waals surface area (Å²) in [5.74, 6) is 1.90. The Morgan fingerprint density at radius 2 is 0.809 bits per heavy atom. The Hall–Kier alpha value is -5.67. The van der Waals surface area contributed by atoms with Crippen LogP contribution in [0, 0.1) is 0 Å². The minimum atomic E-state index is 0.629. The van der Waals surface area contributed by atoms with Crippen molar-refractivity contribution in [3.05, 3.63) is 170 Å². The van der Waals surface area contributed by atoms with Crippen molar-refractivity contribution in [1.29, 1.82) is 0 Å². The van der Waals surface area contributed by atoms with Gasteiger partial charge in [0.25, 0.3) is 0 Å². The third-order valence-electron chi connectivity index (χ3n) is 8.42. The van der Waals surface area contributed by atoms with Gasteiger partial charge in [-0.05, 0) is 0 Å². The normalized spacial score (nSPS) is 11.1. The fourth-order valence-electron chi connectivity index (χ4n) is 6.02. The molecule has 0 N–H and O–H groups in total. The van der Waals surface area contributed by atoms with Crippen LogP contribution in [0.15, 0.2) is 170 Å². The molecule has 1 radical (unpaired) electrons. The van der Waals surface area contributed by atoms with Crippen LogP contribution in [0.1, 0.15) is 0 Å². The molecule has 1 heterocycles. The van der Waals surface area contributed by atoms with Gasteiger partial charge in [0, 0.05) is 0 Å². The maximum absolute atomic E-state index is 5.11. The molecule has 8 aromatic rings. The van der Waals surface area contributed by atoms with Crippen LogP contribution < -0.4 is 4.46 Å². The molecule has 0 amide bonds. The first-order valence-electron chi connectivity index (χ1n) is 15.6. The van der Waals surface area contributed by atoms with Gasteiger partial charge in [0.1, 0.15) is 0 Å². The summed E-state index contributed by atoms with van der Waals surface area (Å²) in [5, 5.41) is 2.46. The van der Waals surface area contributed by atoms with Crippen molar-refractivity contribution in [2.75, 3.05) is 0 Å². The molecule has 0 atom stereocenters. The molecule has 0 aliphatic rings. The summed E-state index contributed by atoms with van der Waals surface area (Å²) in [6.45, 7) is 0. The average molecular weight is 666 g/mol. The molecule has 8 rings (SSSR count). The van der Waals surface area contributed by atoms with E-state index in [1.807, 2.05) is 36.4 Å². The molecule has 0 bridgehead atoms. The van der Waals surface area contributed by atoms with Crippen molar-refractivity contribution in [3.8, 4) is 67.5 Å². The molecule has 0 saturated carbocycles. The molecular weight excluding hydrogens is 637 g/mol. The number of hydrogen-bond donors (Lipinski definition) is 0. The summed E-state index contributed by atoms with van der Waals surface area (Å²) in [6, 6.07) is 59.0. The Labute approximate surface area is 282 Å². The van der Waals surface area contributed by atoms with E-state index in [0.717, 1.165) is 43.4 Å². The van der Waals surface area contributed by atoms with Crippen LogP contribution in [0.4, 0.5) is 0 Å². The van der Waals surface area contributed by atoms with Crippen molar-refractivity contribution in [2.24, 2.45) is 0 Å². The fraction of sp³-hybridized carbons (Fsp3) is 0. The Morgan fingerprint density at radius 1 is 0.319 bits per heavy atom. The maximum atomic E-state index is 5.11. The van der Waals surface area contributed by atoms with Gasteiger partial charge in [-0.3, -0.25) is 0 Å². The van der Waals surface area contributed by atoms with Crippen molar-refractivity contribution in [1.82, 2.24) is 15.0 Å². The Morgan fingerprint density at radius 3 is 1.55 bits per heavy atom. The van der Waals surface area contributed by atoms with E-state index in [2.05, 4.69) is 149 Å². The first-order valence-corrected chi connectivity index (χ1v) is 16.4. The third kappa shape index (κ3) is 5.89. The van der Waals surface area contributed by atoms with Gasteiger partial charge in [-0.1, -0.05) is 18.2 Å². The molecule has 0 unspecified atom stereocenters. The van der Waals surface area contributed by atoms with E-state index in [9.17, 15) is 0 Å². The molecule has 4 heteroatoms. The van der Waals surface area contributed by atoms with Gasteiger partial charge in [0.15, 0.2) is 0 Å². The van der Waals surface area contributed by atoms with E-state index in [0.29, 0.717) is 17.5 Å². The molecule has 221 valence electrons. The summed E-state index contributed by atoms with van der Waals surface area (Å²) in [6.07, 6.45) is 0. The fourth-order valence-corrected chi connectivity index (χ4v) is 6.67. The van der Waals surface area contributed by atoms with E-state index in [-0.39, 0.29) is 0 Å². The molecule has 0 aliphatic carbocycles. The number of hydrogen-bond acceptors (Lipinski definition) is 3. The summed E-state index contributed by atoms with van der Waals surface area (Å²) >= 11 is 3.31. The van der Waals surface area contributed by atoms with E-state index in [4.69, 9.17) is 15.0 Å². The standard InChI is InChI=1S/C43H28N3Se/c47-39-20-10-19-38(40(39)37-18-9-17-35(28-37)36-26-23-30-13-7-8-16-34(30)27-36)43-45-41(32-14-5-2-6-15-32)44-42(46-43)33-24-21-31(22-25-33)29-11-3-1-4-12-29/h1-28H. The van der Waals surface area contributed by atoms with Crippen LogP contribution in [0.25, 0.3) is 78.3 Å². The van der Waals surface area contributed by atoms with E-state index >= 15 is 0 Å². The van der Waals surface area contributed by atoms with Gasteiger partial charge in [-0.25, -0.2) is 0 Å². The molecular formula is C43H28N3Se. The molecule has 1 aromatic heterocycles. The molecule has 7 aromatic carbocycles. The molecule has 3 nitrogen and oxygen atoms in total. The van der Waals surface area contributed by atoms with Crippen LogP contribution in [-0.4, -0.2) is 31.0 Å². The Balaban J connectivity index is 1.26. The number of nitrogens with zero attached hydrogens (tertiary/aromatic N) is 3. The Bertz CT molecular complexity index is 2350. The number of benzene rings is 7. The summed E-state index contributed by atoms with van der Waals surface area (Å²) in [7, 11) is 0. The van der Waals surface area contributed by atoms with Gasteiger partial charge in [0.2, 0.25) is 0 Å². The molecule has 0 fully saturated rings. The van der Waals surface area contributed by atoms with Crippen molar-refractivity contribution in [3.63, 3.8) is 0 Å². The van der Waals surface area contributed by atoms with E-state index in [1.165, 1.54) is 21.9 Å². The SMILES string of the molecule is [Se]c1cccc(-c2nc(-c3ccccc3)nc(-c3ccc(-c4ccccc4)cc3)n2)c1-c1cccc(-c2ccc3ccccc3c2)c1. The predicted molar refractivity (Wildman–Crippen MR) is 195 cm³/mol. The number of rotatable bonds is 6. The van der Waals surface area contributed by atoms with E-state index < -0.39 is 0 Å².